The molecule has 6 rings (SSSR count). The molecule has 27 heavy (non-hydrogen) atoms. The van der Waals surface area contributed by atoms with Crippen molar-refractivity contribution in [3.63, 3.8) is 0 Å². The molecule has 7 nitrogen and oxygen atoms in total. The zero-order chi connectivity index (χ0) is 18.3. The van der Waals surface area contributed by atoms with Gasteiger partial charge in [0.15, 0.2) is 0 Å². The van der Waals surface area contributed by atoms with Crippen LogP contribution in [-0.4, -0.2) is 26.9 Å². The molecule has 2 unspecified atom stereocenters. The van der Waals surface area contributed by atoms with Crippen LogP contribution in [0.25, 0.3) is 21.8 Å². The topological polar surface area (TPSA) is 107 Å². The van der Waals surface area contributed by atoms with Crippen LogP contribution in [0.5, 0.6) is 17.4 Å². The number of ether oxygens (including phenoxy) is 1. The molecule has 132 valence electrons. The van der Waals surface area contributed by atoms with E-state index in [0.717, 1.165) is 21.9 Å². The number of aromatic nitrogens is 2. The van der Waals surface area contributed by atoms with Crippen LogP contribution in [0.3, 0.4) is 0 Å². The third kappa shape index (κ3) is 1.75. The van der Waals surface area contributed by atoms with Crippen LogP contribution in [0.2, 0.25) is 0 Å². The molecule has 2 aromatic heterocycles. The van der Waals surface area contributed by atoms with Gasteiger partial charge >= 0.3 is 0 Å². The number of carbonyl (C=O) groups excluding carboxylic acids is 2. The molecule has 4 N–H and O–H groups in total. The Bertz CT molecular complexity index is 1300. The summed E-state index contributed by atoms with van der Waals surface area (Å²) in [6.45, 7) is 0. The van der Waals surface area contributed by atoms with Crippen LogP contribution in [0.1, 0.15) is 23.0 Å². The number of hydrogen-bond acceptors (Lipinski definition) is 4. The van der Waals surface area contributed by atoms with Crippen molar-refractivity contribution >= 4 is 33.6 Å². The van der Waals surface area contributed by atoms with Crippen molar-refractivity contribution in [3.8, 4) is 17.4 Å². The van der Waals surface area contributed by atoms with E-state index in [2.05, 4.69) is 15.3 Å². The fourth-order valence-electron chi connectivity index (χ4n) is 4.39. The number of aromatic hydroxyl groups is 1. The molecule has 0 radical (unpaired) electrons. The van der Waals surface area contributed by atoms with Gasteiger partial charge in [0.2, 0.25) is 17.7 Å². The molecule has 0 bridgehead atoms. The fourth-order valence-corrected chi connectivity index (χ4v) is 4.39. The summed E-state index contributed by atoms with van der Waals surface area (Å²) < 4.78 is 6.18. The number of nitrogens with one attached hydrogen (secondary N) is 3. The molecule has 2 aromatic carbocycles. The smallest absolute Gasteiger partial charge is 0.235 e. The van der Waals surface area contributed by atoms with Gasteiger partial charge in [-0.3, -0.25) is 14.9 Å². The molecule has 2 aliphatic heterocycles. The summed E-state index contributed by atoms with van der Waals surface area (Å²) in [6.07, 6.45) is 1.78. The normalized spacial score (nSPS) is 20.7. The number of hydrogen-bond donors (Lipinski definition) is 4. The minimum absolute atomic E-state index is 0.105. The standard InChI is InChI=1S/C20H13N3O4/c24-8-4-5-9-12(6-8)22-20-16(9)17-15(18(25)23-19(17)26)10-7-21-11-2-1-3-13(27-20)14(10)11/h1-7,15,17,21-22,24H,(H,23,25,26). The van der Waals surface area contributed by atoms with E-state index in [1.54, 1.807) is 24.4 Å². The number of aromatic amines is 2. The number of fused-ring (bicyclic) bond motifs is 6. The number of rotatable bonds is 0. The first-order valence-electron chi connectivity index (χ1n) is 8.59. The Morgan fingerprint density at radius 3 is 2.74 bits per heavy atom. The Morgan fingerprint density at radius 1 is 1.00 bits per heavy atom. The zero-order valence-corrected chi connectivity index (χ0v) is 13.9. The van der Waals surface area contributed by atoms with Gasteiger partial charge in [-0.15, -0.1) is 0 Å². The number of phenolic OH excluding ortho intramolecular Hbond substituents is 1. The Balaban J connectivity index is 1.75. The highest BCUT2D eigenvalue weighted by molar-refractivity contribution is 6.14. The Labute approximate surface area is 151 Å². The summed E-state index contributed by atoms with van der Waals surface area (Å²) in [6, 6.07) is 10.5. The van der Waals surface area contributed by atoms with Gasteiger partial charge in [-0.1, -0.05) is 6.07 Å². The maximum atomic E-state index is 12.7. The average Bonchev–Trinajstić information content (AvgIpc) is 3.26. The lowest BCUT2D eigenvalue weighted by Gasteiger charge is -2.20. The number of phenols is 1. The van der Waals surface area contributed by atoms with E-state index in [4.69, 9.17) is 4.74 Å². The summed E-state index contributed by atoms with van der Waals surface area (Å²) in [5.41, 5.74) is 2.85. The van der Waals surface area contributed by atoms with Crippen LogP contribution < -0.4 is 10.1 Å². The van der Waals surface area contributed by atoms with Gasteiger partial charge in [0.25, 0.3) is 0 Å². The molecule has 0 saturated carbocycles. The monoisotopic (exact) mass is 359 g/mol. The number of benzene rings is 2. The Kier molecular flexibility index (Phi) is 2.51. The van der Waals surface area contributed by atoms with Crippen molar-refractivity contribution in [3.05, 3.63) is 53.7 Å². The number of imide groups is 1. The second-order valence-corrected chi connectivity index (χ2v) is 6.93. The fraction of sp³-hybridized carbons (Fsp3) is 0.100. The van der Waals surface area contributed by atoms with Crippen LogP contribution in [-0.2, 0) is 9.59 Å². The highest BCUT2D eigenvalue weighted by atomic mass is 16.5. The van der Waals surface area contributed by atoms with Gasteiger partial charge < -0.3 is 19.8 Å². The van der Waals surface area contributed by atoms with E-state index in [1.807, 2.05) is 18.2 Å². The van der Waals surface area contributed by atoms with Crippen molar-refractivity contribution < 1.29 is 19.4 Å². The van der Waals surface area contributed by atoms with Gasteiger partial charge in [0.1, 0.15) is 11.5 Å². The molecule has 1 saturated heterocycles. The maximum Gasteiger partial charge on any atom is 0.235 e. The molecule has 2 atom stereocenters. The molecule has 4 aromatic rings. The van der Waals surface area contributed by atoms with E-state index in [9.17, 15) is 14.7 Å². The minimum atomic E-state index is -0.710. The Morgan fingerprint density at radius 2 is 1.85 bits per heavy atom. The summed E-state index contributed by atoms with van der Waals surface area (Å²) >= 11 is 0. The lowest BCUT2D eigenvalue weighted by molar-refractivity contribution is -0.125. The van der Waals surface area contributed by atoms with E-state index in [0.29, 0.717) is 22.7 Å². The molecule has 0 aliphatic carbocycles. The first-order valence-corrected chi connectivity index (χ1v) is 8.59. The van der Waals surface area contributed by atoms with E-state index >= 15 is 0 Å². The zero-order valence-electron chi connectivity index (χ0n) is 13.9. The highest BCUT2D eigenvalue weighted by Gasteiger charge is 2.48. The van der Waals surface area contributed by atoms with Crippen molar-refractivity contribution in [1.29, 1.82) is 0 Å². The second-order valence-electron chi connectivity index (χ2n) is 6.93. The Hall–Kier alpha value is -3.74. The molecule has 1 fully saturated rings. The van der Waals surface area contributed by atoms with Crippen molar-refractivity contribution in [2.24, 2.45) is 0 Å². The van der Waals surface area contributed by atoms with E-state index in [-0.39, 0.29) is 17.6 Å². The third-order valence-electron chi connectivity index (χ3n) is 5.49. The second kappa shape index (κ2) is 4.70. The molecular formula is C20H13N3O4. The number of H-pyrrole nitrogens is 2. The molecule has 7 heteroatoms. The first-order chi connectivity index (χ1) is 13.1. The summed E-state index contributed by atoms with van der Waals surface area (Å²) in [7, 11) is 0. The number of carbonyl (C=O) groups is 2. The molecular weight excluding hydrogens is 346 g/mol. The molecule has 4 heterocycles. The minimum Gasteiger partial charge on any atom is -0.508 e. The van der Waals surface area contributed by atoms with Gasteiger partial charge in [0, 0.05) is 34.1 Å². The summed E-state index contributed by atoms with van der Waals surface area (Å²) in [4.78, 5) is 31.8. The highest BCUT2D eigenvalue weighted by Crippen LogP contribution is 2.50. The van der Waals surface area contributed by atoms with Crippen molar-refractivity contribution in [2.75, 3.05) is 0 Å². The largest absolute Gasteiger partial charge is 0.508 e. The molecule has 0 spiro atoms. The van der Waals surface area contributed by atoms with Gasteiger partial charge in [-0.2, -0.15) is 0 Å². The quantitative estimate of drug-likeness (QED) is 0.362. The first kappa shape index (κ1) is 14.4. The lowest BCUT2D eigenvalue weighted by Crippen LogP contribution is -2.21. The third-order valence-corrected chi connectivity index (χ3v) is 5.49. The predicted molar refractivity (Wildman–Crippen MR) is 97.0 cm³/mol. The molecule has 2 amide bonds. The predicted octanol–water partition coefficient (Wildman–Crippen LogP) is 2.98. The average molecular weight is 359 g/mol. The van der Waals surface area contributed by atoms with Gasteiger partial charge in [-0.05, 0) is 29.8 Å². The van der Waals surface area contributed by atoms with Gasteiger partial charge in [-0.25, -0.2) is 0 Å². The van der Waals surface area contributed by atoms with Crippen molar-refractivity contribution in [2.45, 2.75) is 11.8 Å². The summed E-state index contributed by atoms with van der Waals surface area (Å²) in [5.74, 6) is -0.907. The van der Waals surface area contributed by atoms with Crippen LogP contribution in [0, 0.1) is 0 Å². The lowest BCUT2D eigenvalue weighted by atomic mass is 9.82. The van der Waals surface area contributed by atoms with Crippen LogP contribution in [0.4, 0.5) is 0 Å². The van der Waals surface area contributed by atoms with E-state index < -0.39 is 11.8 Å². The maximum absolute atomic E-state index is 12.7. The van der Waals surface area contributed by atoms with Crippen LogP contribution in [0.15, 0.2) is 42.6 Å². The SMILES string of the molecule is O=C1NC(=O)C2c3c[nH]c4cccc(c34)Oc3[nH]c4cc(O)ccc4c3C12. The van der Waals surface area contributed by atoms with Crippen LogP contribution >= 0.6 is 0 Å². The van der Waals surface area contributed by atoms with Gasteiger partial charge in [0.05, 0.1) is 17.4 Å². The molecule has 2 aliphatic rings. The van der Waals surface area contributed by atoms with Crippen molar-refractivity contribution in [1.82, 2.24) is 15.3 Å². The summed E-state index contributed by atoms with van der Waals surface area (Å²) in [5, 5.41) is 13.8. The van der Waals surface area contributed by atoms with E-state index in [1.165, 1.54) is 0 Å². The number of amides is 2.